The molecule has 0 aliphatic heterocycles. The van der Waals surface area contributed by atoms with Gasteiger partial charge >= 0.3 is 0 Å². The maximum atomic E-state index is 2.18. The largest absolute Gasteiger partial charge is 0.0623 e. The van der Waals surface area contributed by atoms with Crippen molar-refractivity contribution in [3.05, 3.63) is 71.8 Å². The summed E-state index contributed by atoms with van der Waals surface area (Å²) in [5.41, 5.74) is 2.65. The monoisotopic (exact) mass is 208 g/mol. The lowest BCUT2D eigenvalue weighted by atomic mass is 10.0. The first-order valence-corrected chi connectivity index (χ1v) is 5.57. The highest BCUT2D eigenvalue weighted by atomic mass is 14.0. The van der Waals surface area contributed by atoms with Crippen molar-refractivity contribution in [2.24, 2.45) is 0 Å². The average Bonchev–Trinajstić information content (AvgIpc) is 2.32. The molecule has 0 heteroatoms. The Hall–Kier alpha value is -1.82. The van der Waals surface area contributed by atoms with Gasteiger partial charge in [-0.05, 0) is 35.7 Å². The van der Waals surface area contributed by atoms with Crippen LogP contribution in [-0.4, -0.2) is 0 Å². The molecular weight excluding hydrogens is 192 g/mol. The molecule has 0 atom stereocenters. The molecule has 0 N–H and O–H groups in total. The zero-order chi connectivity index (χ0) is 11.4. The van der Waals surface area contributed by atoms with Gasteiger partial charge in [0.25, 0.3) is 0 Å². The molecule has 0 saturated carbocycles. The Morgan fingerprint density at radius 1 is 0.625 bits per heavy atom. The Morgan fingerprint density at radius 3 is 1.94 bits per heavy atom. The lowest BCUT2D eigenvalue weighted by molar-refractivity contribution is 1.39. The highest BCUT2D eigenvalue weighted by molar-refractivity contribution is 5.84. The van der Waals surface area contributed by atoms with Crippen LogP contribution in [0.2, 0.25) is 0 Å². The molecule has 0 fully saturated rings. The summed E-state index contributed by atoms with van der Waals surface area (Å²) in [6, 6.07) is 21.1. The van der Waals surface area contributed by atoms with Crippen molar-refractivity contribution in [2.75, 3.05) is 0 Å². The third-order valence-corrected chi connectivity index (χ3v) is 2.91. The van der Waals surface area contributed by atoms with Crippen LogP contribution in [0.25, 0.3) is 10.8 Å². The van der Waals surface area contributed by atoms with E-state index in [1.54, 1.807) is 0 Å². The van der Waals surface area contributed by atoms with Crippen LogP contribution in [0.4, 0.5) is 0 Å². The third kappa shape index (κ3) is 2.22. The van der Waals surface area contributed by atoms with Gasteiger partial charge in [-0.25, -0.2) is 0 Å². The molecular formula is C16H16. The van der Waals surface area contributed by atoms with E-state index in [2.05, 4.69) is 74.5 Å². The van der Waals surface area contributed by atoms with Crippen LogP contribution in [0.3, 0.4) is 0 Å². The zero-order valence-corrected chi connectivity index (χ0v) is 9.77. The minimum Gasteiger partial charge on any atom is -0.0623 e. The number of hydrogen-bond donors (Lipinski definition) is 0. The molecule has 0 aromatic heterocycles. The molecule has 0 aliphatic carbocycles. The summed E-state index contributed by atoms with van der Waals surface area (Å²) in [5, 5.41) is 2.59. The summed E-state index contributed by atoms with van der Waals surface area (Å²) < 4.78 is 0. The van der Waals surface area contributed by atoms with Crippen molar-refractivity contribution >= 4 is 10.8 Å². The fraction of sp³-hybridized carbons (Fsp3) is 0.125. The topological polar surface area (TPSA) is 0 Å². The van der Waals surface area contributed by atoms with Gasteiger partial charge < -0.3 is 0 Å². The van der Waals surface area contributed by atoms with Crippen molar-refractivity contribution in [2.45, 2.75) is 13.8 Å². The number of aryl methyl sites for hydroxylation is 2. The summed E-state index contributed by atoms with van der Waals surface area (Å²) in [5.74, 6) is 0. The van der Waals surface area contributed by atoms with E-state index in [0.717, 1.165) is 0 Å². The first kappa shape index (κ1) is 10.7. The van der Waals surface area contributed by atoms with E-state index in [9.17, 15) is 0 Å². The van der Waals surface area contributed by atoms with Gasteiger partial charge in [0.15, 0.2) is 0 Å². The van der Waals surface area contributed by atoms with E-state index in [-0.39, 0.29) is 0 Å². The van der Waals surface area contributed by atoms with E-state index < -0.39 is 0 Å². The number of hydrogen-bond acceptors (Lipinski definition) is 0. The van der Waals surface area contributed by atoms with Crippen LogP contribution < -0.4 is 0 Å². The van der Waals surface area contributed by atoms with Gasteiger partial charge in [-0.1, -0.05) is 60.7 Å². The Labute approximate surface area is 96.9 Å². The van der Waals surface area contributed by atoms with Crippen LogP contribution in [-0.2, 0) is 0 Å². The third-order valence-electron chi connectivity index (χ3n) is 2.91. The molecule has 0 amide bonds. The molecule has 0 bridgehead atoms. The van der Waals surface area contributed by atoms with E-state index in [0.29, 0.717) is 0 Å². The van der Waals surface area contributed by atoms with Gasteiger partial charge in [-0.3, -0.25) is 0 Å². The minimum atomic E-state index is 1.28. The lowest BCUT2D eigenvalue weighted by Crippen LogP contribution is -1.78. The number of rotatable bonds is 0. The van der Waals surface area contributed by atoms with E-state index >= 15 is 0 Å². The molecule has 0 radical (unpaired) electrons. The summed E-state index contributed by atoms with van der Waals surface area (Å²) in [6.07, 6.45) is 0. The fourth-order valence-corrected chi connectivity index (χ4v) is 1.81. The van der Waals surface area contributed by atoms with Gasteiger partial charge in [0.1, 0.15) is 0 Å². The fourth-order valence-electron chi connectivity index (χ4n) is 1.81. The number of fused-ring (bicyclic) bond motifs is 1. The van der Waals surface area contributed by atoms with Crippen molar-refractivity contribution in [3.63, 3.8) is 0 Å². The maximum absolute atomic E-state index is 2.18. The first-order chi connectivity index (χ1) is 7.79. The standard InChI is InChI=1S/C16H16/c1-13-9-5-3-4-6-10-15-11-7-8-12-16(15)14(13)2/h3-12H,1-2H3. The smallest absolute Gasteiger partial charge is 0.0152 e. The molecule has 80 valence electrons. The summed E-state index contributed by atoms with van der Waals surface area (Å²) in [7, 11) is 0. The zero-order valence-electron chi connectivity index (χ0n) is 9.77. The van der Waals surface area contributed by atoms with Crippen LogP contribution in [0.15, 0.2) is 60.7 Å². The quantitative estimate of drug-likeness (QED) is 0.594. The van der Waals surface area contributed by atoms with Crippen molar-refractivity contribution < 1.29 is 0 Å². The second kappa shape index (κ2) is 4.80. The summed E-state index contributed by atoms with van der Waals surface area (Å²) in [6.45, 7) is 4.33. The Morgan fingerprint density at radius 2 is 1.19 bits per heavy atom. The molecule has 2 aromatic rings. The Kier molecular flexibility index (Phi) is 3.21. The molecule has 0 unspecified atom stereocenters. The molecule has 0 aliphatic rings. The predicted octanol–water partition coefficient (Wildman–Crippen LogP) is 4.58. The Balaban J connectivity index is 2.93. The molecule has 16 heavy (non-hydrogen) atoms. The second-order valence-electron chi connectivity index (χ2n) is 4.00. The van der Waals surface area contributed by atoms with Crippen LogP contribution >= 0.6 is 0 Å². The van der Waals surface area contributed by atoms with Crippen molar-refractivity contribution in [1.29, 1.82) is 0 Å². The SMILES string of the molecule is Cc1ccccccc2ccccc2c1C. The van der Waals surface area contributed by atoms with Crippen molar-refractivity contribution in [3.8, 4) is 0 Å². The molecule has 0 nitrogen and oxygen atoms in total. The maximum Gasteiger partial charge on any atom is -0.0152 e. The first-order valence-electron chi connectivity index (χ1n) is 5.57. The van der Waals surface area contributed by atoms with Crippen LogP contribution in [0, 0.1) is 13.8 Å². The molecule has 0 spiro atoms. The lowest BCUT2D eigenvalue weighted by Gasteiger charge is -2.00. The van der Waals surface area contributed by atoms with E-state index in [1.807, 2.05) is 0 Å². The number of benzene rings is 1. The van der Waals surface area contributed by atoms with Crippen LogP contribution in [0.1, 0.15) is 11.1 Å². The van der Waals surface area contributed by atoms with Crippen molar-refractivity contribution in [1.82, 2.24) is 0 Å². The second-order valence-corrected chi connectivity index (χ2v) is 4.00. The highest BCUT2D eigenvalue weighted by Crippen LogP contribution is 2.17. The summed E-state index contributed by atoms with van der Waals surface area (Å²) in [4.78, 5) is 0. The van der Waals surface area contributed by atoms with Gasteiger partial charge in [0.2, 0.25) is 0 Å². The van der Waals surface area contributed by atoms with Gasteiger partial charge in [0, 0.05) is 0 Å². The van der Waals surface area contributed by atoms with Gasteiger partial charge in [-0.2, -0.15) is 0 Å². The van der Waals surface area contributed by atoms with E-state index in [1.165, 1.54) is 21.9 Å². The molecule has 2 rings (SSSR count). The highest BCUT2D eigenvalue weighted by Gasteiger charge is 1.94. The molecule has 0 heterocycles. The van der Waals surface area contributed by atoms with Gasteiger partial charge in [0.05, 0.1) is 0 Å². The average molecular weight is 208 g/mol. The van der Waals surface area contributed by atoms with Gasteiger partial charge in [-0.15, -0.1) is 0 Å². The van der Waals surface area contributed by atoms with E-state index in [4.69, 9.17) is 0 Å². The molecule has 0 saturated heterocycles. The van der Waals surface area contributed by atoms with Crippen LogP contribution in [0.5, 0.6) is 0 Å². The molecule has 2 aromatic carbocycles. The predicted molar refractivity (Wildman–Crippen MR) is 71.1 cm³/mol. The normalized spacial score (nSPS) is 9.88. The summed E-state index contributed by atoms with van der Waals surface area (Å²) >= 11 is 0. The minimum absolute atomic E-state index is 1.28. The Bertz CT molecular complexity index is 552.